The van der Waals surface area contributed by atoms with Gasteiger partial charge in [0.05, 0.1) is 24.5 Å². The van der Waals surface area contributed by atoms with Crippen LogP contribution >= 0.6 is 0 Å². The van der Waals surface area contributed by atoms with Crippen molar-refractivity contribution >= 4 is 17.2 Å². The van der Waals surface area contributed by atoms with Crippen molar-refractivity contribution in [3.8, 4) is 11.8 Å². The van der Waals surface area contributed by atoms with Crippen LogP contribution in [0.3, 0.4) is 0 Å². The summed E-state index contributed by atoms with van der Waals surface area (Å²) in [6.45, 7) is 6.46. The van der Waals surface area contributed by atoms with Crippen LogP contribution in [0.1, 0.15) is 43.9 Å². The van der Waals surface area contributed by atoms with Crippen LogP contribution in [0.5, 0.6) is 0 Å². The predicted octanol–water partition coefficient (Wildman–Crippen LogP) is 5.15. The van der Waals surface area contributed by atoms with Gasteiger partial charge in [0.2, 0.25) is 5.91 Å². The number of anilines is 1. The van der Waals surface area contributed by atoms with Gasteiger partial charge < -0.3 is 10.1 Å². The van der Waals surface area contributed by atoms with Gasteiger partial charge in [-0.1, -0.05) is 50.8 Å². The molecule has 1 N–H and O–H groups in total. The predicted molar refractivity (Wildman–Crippen MR) is 110 cm³/mol. The Morgan fingerprint density at radius 3 is 2.45 bits per heavy atom. The van der Waals surface area contributed by atoms with E-state index in [9.17, 15) is 13.6 Å². The molecule has 1 heterocycles. The summed E-state index contributed by atoms with van der Waals surface area (Å²) in [6.07, 6.45) is 2.92. The molecule has 150 valence electrons. The lowest BCUT2D eigenvalue weighted by Crippen LogP contribution is -2.28. The van der Waals surface area contributed by atoms with Gasteiger partial charge in [0, 0.05) is 17.0 Å². The summed E-state index contributed by atoms with van der Waals surface area (Å²) in [5.74, 6) is 3.73. The van der Waals surface area contributed by atoms with E-state index in [1.165, 1.54) is 5.57 Å². The molecule has 3 nitrogen and oxygen atoms in total. The number of carbonyl (C=O) groups excluding carboxylic acids is 1. The quantitative estimate of drug-likeness (QED) is 0.714. The Balaban J connectivity index is 1.88. The van der Waals surface area contributed by atoms with Gasteiger partial charge in [0.15, 0.2) is 5.82 Å². The average molecular weight is 395 g/mol. The van der Waals surface area contributed by atoms with Crippen LogP contribution in [-0.4, -0.2) is 19.1 Å². The first-order chi connectivity index (χ1) is 13.7. The molecule has 2 aromatic carbocycles. The second kappa shape index (κ2) is 8.59. The fourth-order valence-electron chi connectivity index (χ4n) is 2.80. The van der Waals surface area contributed by atoms with E-state index in [1.54, 1.807) is 20.8 Å². The zero-order chi connectivity index (χ0) is 21.0. The van der Waals surface area contributed by atoms with Crippen LogP contribution in [0.2, 0.25) is 0 Å². The number of halogens is 2. The Morgan fingerprint density at radius 1 is 1.10 bits per heavy atom. The van der Waals surface area contributed by atoms with Gasteiger partial charge in [0.1, 0.15) is 5.82 Å². The summed E-state index contributed by atoms with van der Waals surface area (Å²) >= 11 is 0. The maximum Gasteiger partial charge on any atom is 0.229 e. The topological polar surface area (TPSA) is 38.3 Å². The van der Waals surface area contributed by atoms with E-state index in [0.29, 0.717) is 18.8 Å². The van der Waals surface area contributed by atoms with Crippen LogP contribution in [0.4, 0.5) is 14.5 Å². The first kappa shape index (κ1) is 20.8. The number of carbonyl (C=O) groups is 1. The standard InChI is InChI=1S/C24H23F2NO2/c1-24(2,3)23(28)27-22-19(14-20(25)15-21(22)26)9-6-16-4-7-17(8-5-16)18-10-12-29-13-11-18/h4-5,7-8,10,14-15H,11-13H2,1-3H3,(H,27,28). The molecule has 0 saturated heterocycles. The molecule has 0 aromatic heterocycles. The van der Waals surface area contributed by atoms with Crippen molar-refractivity contribution in [2.75, 3.05) is 18.5 Å². The summed E-state index contributed by atoms with van der Waals surface area (Å²) in [5, 5.41) is 2.53. The van der Waals surface area contributed by atoms with Crippen molar-refractivity contribution < 1.29 is 18.3 Å². The van der Waals surface area contributed by atoms with Crippen LogP contribution < -0.4 is 5.32 Å². The number of hydrogen-bond donors (Lipinski definition) is 1. The molecule has 0 atom stereocenters. The molecule has 1 aliphatic heterocycles. The van der Waals surface area contributed by atoms with Crippen LogP contribution in [0.15, 0.2) is 42.5 Å². The Bertz CT molecular complexity index is 1010. The Morgan fingerprint density at radius 2 is 1.83 bits per heavy atom. The summed E-state index contributed by atoms with van der Waals surface area (Å²) in [5.41, 5.74) is 2.31. The number of hydrogen-bond acceptors (Lipinski definition) is 2. The minimum Gasteiger partial charge on any atom is -0.377 e. The molecule has 1 amide bonds. The number of ether oxygens (including phenoxy) is 1. The molecule has 0 spiro atoms. The number of amides is 1. The van der Waals surface area contributed by atoms with Gasteiger partial charge in [-0.25, -0.2) is 8.78 Å². The molecule has 0 saturated carbocycles. The maximum absolute atomic E-state index is 14.3. The molecular formula is C24H23F2NO2. The van der Waals surface area contributed by atoms with Gasteiger partial charge in [-0.15, -0.1) is 0 Å². The van der Waals surface area contributed by atoms with Crippen molar-refractivity contribution in [1.82, 2.24) is 0 Å². The molecule has 29 heavy (non-hydrogen) atoms. The molecule has 1 aliphatic rings. The van der Waals surface area contributed by atoms with E-state index in [2.05, 4.69) is 23.2 Å². The summed E-state index contributed by atoms with van der Waals surface area (Å²) in [7, 11) is 0. The molecule has 5 heteroatoms. The van der Waals surface area contributed by atoms with E-state index in [1.807, 2.05) is 24.3 Å². The van der Waals surface area contributed by atoms with Crippen molar-refractivity contribution in [2.45, 2.75) is 27.2 Å². The third-order valence-corrected chi connectivity index (χ3v) is 4.54. The van der Waals surface area contributed by atoms with Crippen molar-refractivity contribution in [2.24, 2.45) is 5.41 Å². The minimum absolute atomic E-state index is 0.0938. The molecule has 0 radical (unpaired) electrons. The fraction of sp³-hybridized carbons (Fsp3) is 0.292. The highest BCUT2D eigenvalue weighted by atomic mass is 19.1. The monoisotopic (exact) mass is 395 g/mol. The first-order valence-corrected chi connectivity index (χ1v) is 9.44. The number of benzene rings is 2. The zero-order valence-electron chi connectivity index (χ0n) is 16.7. The molecule has 3 rings (SSSR count). The fourth-order valence-corrected chi connectivity index (χ4v) is 2.80. The van der Waals surface area contributed by atoms with Gasteiger partial charge in [-0.2, -0.15) is 0 Å². The van der Waals surface area contributed by atoms with E-state index in [4.69, 9.17) is 4.74 Å². The van der Waals surface area contributed by atoms with Crippen molar-refractivity contribution in [3.05, 3.63) is 70.8 Å². The van der Waals surface area contributed by atoms with Gasteiger partial charge in [-0.3, -0.25) is 4.79 Å². The van der Waals surface area contributed by atoms with E-state index >= 15 is 0 Å². The molecule has 0 unspecified atom stereocenters. The van der Waals surface area contributed by atoms with Gasteiger partial charge >= 0.3 is 0 Å². The molecule has 0 bridgehead atoms. The maximum atomic E-state index is 14.3. The van der Waals surface area contributed by atoms with E-state index in [0.717, 1.165) is 24.1 Å². The van der Waals surface area contributed by atoms with Crippen LogP contribution in [-0.2, 0) is 9.53 Å². The zero-order valence-corrected chi connectivity index (χ0v) is 16.7. The lowest BCUT2D eigenvalue weighted by molar-refractivity contribution is -0.123. The highest BCUT2D eigenvalue weighted by Gasteiger charge is 2.23. The molecule has 2 aromatic rings. The molecule has 0 fully saturated rings. The van der Waals surface area contributed by atoms with E-state index in [-0.39, 0.29) is 17.2 Å². The van der Waals surface area contributed by atoms with Crippen molar-refractivity contribution in [3.63, 3.8) is 0 Å². The lowest BCUT2D eigenvalue weighted by atomic mass is 9.95. The Kier molecular flexibility index (Phi) is 6.14. The highest BCUT2D eigenvalue weighted by Crippen LogP contribution is 2.25. The highest BCUT2D eigenvalue weighted by molar-refractivity contribution is 5.95. The number of nitrogens with one attached hydrogen (secondary N) is 1. The van der Waals surface area contributed by atoms with Crippen LogP contribution in [0.25, 0.3) is 5.57 Å². The third-order valence-electron chi connectivity index (χ3n) is 4.54. The summed E-state index contributed by atoms with van der Waals surface area (Å²) < 4.78 is 33.4. The molecular weight excluding hydrogens is 372 g/mol. The third kappa shape index (κ3) is 5.30. The van der Waals surface area contributed by atoms with Gasteiger partial charge in [-0.05, 0) is 35.8 Å². The number of rotatable bonds is 2. The summed E-state index contributed by atoms with van der Waals surface area (Å²) in [6, 6.07) is 9.52. The average Bonchev–Trinajstić information content (AvgIpc) is 2.69. The lowest BCUT2D eigenvalue weighted by Gasteiger charge is -2.18. The largest absolute Gasteiger partial charge is 0.377 e. The normalized spacial score (nSPS) is 13.9. The van der Waals surface area contributed by atoms with Crippen LogP contribution in [0, 0.1) is 28.9 Å². The van der Waals surface area contributed by atoms with Gasteiger partial charge in [0.25, 0.3) is 0 Å². The minimum atomic E-state index is -0.853. The summed E-state index contributed by atoms with van der Waals surface area (Å²) in [4.78, 5) is 12.3. The smallest absolute Gasteiger partial charge is 0.229 e. The second-order valence-electron chi connectivity index (χ2n) is 7.90. The molecule has 0 aliphatic carbocycles. The second-order valence-corrected chi connectivity index (χ2v) is 7.90. The SMILES string of the molecule is CC(C)(C)C(=O)Nc1c(F)cc(F)cc1C#Cc1ccc(C2=CCOCC2)cc1. The Labute approximate surface area is 169 Å². The van der Waals surface area contributed by atoms with Crippen molar-refractivity contribution in [1.29, 1.82) is 0 Å². The first-order valence-electron chi connectivity index (χ1n) is 9.44. The van der Waals surface area contributed by atoms with E-state index < -0.39 is 17.0 Å². The Hall–Kier alpha value is -2.97.